The molecule has 7 unspecified atom stereocenters. The van der Waals surface area contributed by atoms with Gasteiger partial charge in [0, 0.05) is 24.3 Å². The Morgan fingerprint density at radius 1 is 0.935 bits per heavy atom. The molecule has 4 nitrogen and oxygen atoms in total. The monoisotopic (exact) mass is 431 g/mol. The molecule has 2 heterocycles. The van der Waals surface area contributed by atoms with Gasteiger partial charge in [-0.3, -0.25) is 0 Å². The van der Waals surface area contributed by atoms with Gasteiger partial charge >= 0.3 is 0 Å². The zero-order valence-electron chi connectivity index (χ0n) is 20.2. The summed E-state index contributed by atoms with van der Waals surface area (Å²) in [6.07, 6.45) is 10.7. The molecular weight excluding hydrogens is 386 g/mol. The first-order valence-corrected chi connectivity index (χ1v) is 13.4. The van der Waals surface area contributed by atoms with Gasteiger partial charge in [-0.05, 0) is 91.8 Å². The van der Waals surface area contributed by atoms with Gasteiger partial charge < -0.3 is 20.3 Å². The Hall–Kier alpha value is -0.160. The summed E-state index contributed by atoms with van der Waals surface area (Å²) in [5.74, 6) is 4.13. The first-order chi connectivity index (χ1) is 14.7. The second-order valence-electron chi connectivity index (χ2n) is 13.3. The predicted octanol–water partition coefficient (Wildman–Crippen LogP) is 4.73. The van der Waals surface area contributed by atoms with Crippen molar-refractivity contribution in [2.75, 3.05) is 6.61 Å². The second-order valence-corrected chi connectivity index (χ2v) is 13.3. The molecule has 2 aliphatic heterocycles. The van der Waals surface area contributed by atoms with Crippen molar-refractivity contribution >= 4 is 0 Å². The fourth-order valence-corrected chi connectivity index (χ4v) is 10.3. The van der Waals surface area contributed by atoms with E-state index >= 15 is 0 Å². The number of hydrogen-bond donors (Lipinski definition) is 2. The van der Waals surface area contributed by atoms with E-state index in [9.17, 15) is 5.11 Å². The Balaban J connectivity index is 1.29. The summed E-state index contributed by atoms with van der Waals surface area (Å²) in [6.45, 7) is 10.6. The smallest absolute Gasteiger partial charge is 0.171 e. The molecule has 6 rings (SSSR count). The van der Waals surface area contributed by atoms with Gasteiger partial charge in [0.1, 0.15) is 0 Å². The van der Waals surface area contributed by atoms with E-state index in [1.165, 1.54) is 38.5 Å². The van der Waals surface area contributed by atoms with E-state index in [0.29, 0.717) is 41.1 Å². The van der Waals surface area contributed by atoms with Crippen molar-refractivity contribution in [3.05, 3.63) is 0 Å². The number of aliphatic hydroxyl groups is 1. The lowest BCUT2D eigenvalue weighted by Crippen LogP contribution is -2.61. The largest absolute Gasteiger partial charge is 0.393 e. The van der Waals surface area contributed by atoms with Gasteiger partial charge in [-0.25, -0.2) is 0 Å². The molecule has 0 amide bonds. The number of fused-ring (bicyclic) bond motifs is 7. The van der Waals surface area contributed by atoms with E-state index in [4.69, 9.17) is 15.2 Å². The van der Waals surface area contributed by atoms with Crippen molar-refractivity contribution in [1.29, 1.82) is 0 Å². The van der Waals surface area contributed by atoms with Crippen LogP contribution in [0.15, 0.2) is 0 Å². The van der Waals surface area contributed by atoms with Crippen molar-refractivity contribution in [1.82, 2.24) is 0 Å². The third-order valence-corrected chi connectivity index (χ3v) is 12.1. The summed E-state index contributed by atoms with van der Waals surface area (Å²) in [7, 11) is 0. The Labute approximate surface area is 189 Å². The molecule has 13 atom stereocenters. The molecule has 0 radical (unpaired) electrons. The molecule has 0 aromatic carbocycles. The first kappa shape index (κ1) is 21.4. The SMILES string of the molecule is CC1C2C(CC3C4CCC5C[C@@H](O)CC[C@]5(C)C4C[C@@H](N)[C@@]32C)O[C@]12CC[C@@H](C)CO2. The Morgan fingerprint density at radius 2 is 1.74 bits per heavy atom. The van der Waals surface area contributed by atoms with Crippen molar-refractivity contribution in [2.45, 2.75) is 110 Å². The van der Waals surface area contributed by atoms with E-state index in [-0.39, 0.29) is 23.3 Å². The fraction of sp³-hybridized carbons (Fsp3) is 1.00. The molecule has 3 N–H and O–H groups in total. The Kier molecular flexibility index (Phi) is 4.78. The van der Waals surface area contributed by atoms with E-state index in [0.717, 1.165) is 37.7 Å². The topological polar surface area (TPSA) is 64.7 Å². The molecule has 4 heteroatoms. The summed E-state index contributed by atoms with van der Waals surface area (Å²) >= 11 is 0. The number of ether oxygens (including phenoxy) is 2. The third-order valence-electron chi connectivity index (χ3n) is 12.1. The molecule has 0 aromatic rings. The maximum atomic E-state index is 10.3. The maximum Gasteiger partial charge on any atom is 0.171 e. The minimum Gasteiger partial charge on any atom is -0.393 e. The van der Waals surface area contributed by atoms with Gasteiger partial charge in [0.2, 0.25) is 0 Å². The molecule has 31 heavy (non-hydrogen) atoms. The van der Waals surface area contributed by atoms with Crippen LogP contribution >= 0.6 is 0 Å². The quantitative estimate of drug-likeness (QED) is 0.582. The standard InChI is InChI=1S/C27H45NO3/c1-15-7-10-27(30-14-15)16(2)24-22(31-27)12-21-19-6-5-17-11-18(29)8-9-25(17,3)20(19)13-23(28)26(21,24)4/h15-24,29H,5-14,28H2,1-4H3/t15-,16?,17?,18+,19?,20?,21?,22?,23-,24?,25+,26-,27-/m1/s1. The lowest BCUT2D eigenvalue weighted by atomic mass is 9.43. The van der Waals surface area contributed by atoms with E-state index < -0.39 is 0 Å². The van der Waals surface area contributed by atoms with Crippen LogP contribution in [0.3, 0.4) is 0 Å². The summed E-state index contributed by atoms with van der Waals surface area (Å²) in [5.41, 5.74) is 7.72. The molecule has 6 aliphatic rings. The van der Waals surface area contributed by atoms with Crippen LogP contribution in [0.2, 0.25) is 0 Å². The maximum absolute atomic E-state index is 10.3. The van der Waals surface area contributed by atoms with Crippen LogP contribution in [-0.4, -0.2) is 35.8 Å². The summed E-state index contributed by atoms with van der Waals surface area (Å²) in [6, 6.07) is 0.250. The van der Waals surface area contributed by atoms with E-state index in [1.807, 2.05) is 0 Å². The van der Waals surface area contributed by atoms with Crippen LogP contribution in [0.25, 0.3) is 0 Å². The van der Waals surface area contributed by atoms with Crippen molar-refractivity contribution in [2.24, 2.45) is 58.0 Å². The zero-order chi connectivity index (χ0) is 21.8. The average Bonchev–Trinajstić information content (AvgIpc) is 3.18. The number of rotatable bonds is 0. The van der Waals surface area contributed by atoms with Crippen molar-refractivity contribution in [3.8, 4) is 0 Å². The molecular formula is C27H45NO3. The molecule has 0 aromatic heterocycles. The first-order valence-electron chi connectivity index (χ1n) is 13.4. The minimum atomic E-state index is -0.352. The fourth-order valence-electron chi connectivity index (χ4n) is 10.3. The number of nitrogens with two attached hydrogens (primary N) is 1. The Morgan fingerprint density at radius 3 is 2.48 bits per heavy atom. The van der Waals surface area contributed by atoms with Gasteiger partial charge in [0.15, 0.2) is 5.79 Å². The molecule has 6 fully saturated rings. The average molecular weight is 432 g/mol. The lowest BCUT2D eigenvalue weighted by Gasteiger charge is -2.62. The van der Waals surface area contributed by atoms with Gasteiger partial charge in [0.05, 0.1) is 18.8 Å². The van der Waals surface area contributed by atoms with Crippen LogP contribution in [0.5, 0.6) is 0 Å². The molecule has 4 saturated carbocycles. The predicted molar refractivity (Wildman–Crippen MR) is 121 cm³/mol. The van der Waals surface area contributed by atoms with Crippen LogP contribution in [0.4, 0.5) is 0 Å². The molecule has 176 valence electrons. The molecule has 1 spiro atoms. The summed E-state index contributed by atoms with van der Waals surface area (Å²) < 4.78 is 13.4. The van der Waals surface area contributed by atoms with Crippen LogP contribution in [-0.2, 0) is 9.47 Å². The number of aliphatic hydroxyl groups excluding tert-OH is 1. The van der Waals surface area contributed by atoms with Crippen LogP contribution in [0.1, 0.15) is 85.5 Å². The van der Waals surface area contributed by atoms with E-state index in [2.05, 4.69) is 27.7 Å². The van der Waals surface area contributed by atoms with Gasteiger partial charge in [-0.15, -0.1) is 0 Å². The van der Waals surface area contributed by atoms with Crippen molar-refractivity contribution in [3.63, 3.8) is 0 Å². The highest BCUT2D eigenvalue weighted by Gasteiger charge is 2.71. The highest BCUT2D eigenvalue weighted by Crippen LogP contribution is 2.71. The third kappa shape index (κ3) is 2.74. The number of hydrogen-bond acceptors (Lipinski definition) is 4. The summed E-state index contributed by atoms with van der Waals surface area (Å²) in [5, 5.41) is 10.3. The van der Waals surface area contributed by atoms with Crippen LogP contribution in [0, 0.1) is 52.3 Å². The van der Waals surface area contributed by atoms with Gasteiger partial charge in [-0.1, -0.05) is 27.7 Å². The minimum absolute atomic E-state index is 0.0772. The lowest BCUT2D eigenvalue weighted by molar-refractivity contribution is -0.273. The highest BCUT2D eigenvalue weighted by atomic mass is 16.7. The van der Waals surface area contributed by atoms with Crippen LogP contribution < -0.4 is 5.73 Å². The van der Waals surface area contributed by atoms with Crippen molar-refractivity contribution < 1.29 is 14.6 Å². The van der Waals surface area contributed by atoms with Gasteiger partial charge in [0.25, 0.3) is 0 Å². The molecule has 0 bridgehead atoms. The molecule has 4 aliphatic carbocycles. The zero-order valence-corrected chi connectivity index (χ0v) is 20.2. The van der Waals surface area contributed by atoms with E-state index in [1.54, 1.807) is 0 Å². The highest BCUT2D eigenvalue weighted by molar-refractivity contribution is 5.18. The summed E-state index contributed by atoms with van der Waals surface area (Å²) in [4.78, 5) is 0. The van der Waals surface area contributed by atoms with Gasteiger partial charge in [-0.2, -0.15) is 0 Å². The second kappa shape index (κ2) is 6.93. The Bertz CT molecular complexity index is 719. The normalized spacial score (nSPS) is 63.3. The molecule has 2 saturated heterocycles.